The average Bonchev–Trinajstić information content (AvgIpc) is 2.81. The lowest BCUT2D eigenvalue weighted by atomic mass is 10.2. The van der Waals surface area contributed by atoms with Crippen LogP contribution in [0.5, 0.6) is 0 Å². The second-order valence-corrected chi connectivity index (χ2v) is 4.60. The van der Waals surface area contributed by atoms with Crippen molar-refractivity contribution >= 4 is 11.8 Å². The fourth-order valence-electron chi connectivity index (χ4n) is 1.60. The van der Waals surface area contributed by atoms with Gasteiger partial charge in [0.05, 0.1) is 11.8 Å². The molecule has 0 amide bonds. The smallest absolute Gasteiger partial charge is 0.192 e. The van der Waals surface area contributed by atoms with E-state index in [1.807, 2.05) is 10.6 Å². The number of hydrogen-bond acceptors (Lipinski definition) is 4. The van der Waals surface area contributed by atoms with Gasteiger partial charge in [0.2, 0.25) is 0 Å². The fraction of sp³-hybridized carbons (Fsp3) is 0.154. The van der Waals surface area contributed by atoms with Crippen LogP contribution in [0.4, 0.5) is 4.39 Å². The van der Waals surface area contributed by atoms with Crippen LogP contribution >= 0.6 is 11.8 Å². The maximum Gasteiger partial charge on any atom is 0.192 e. The number of nitriles is 1. The number of halogens is 1. The quantitative estimate of drug-likeness (QED) is 0.621. The van der Waals surface area contributed by atoms with Crippen molar-refractivity contribution in [3.8, 4) is 17.5 Å². The molecule has 0 aliphatic rings. The minimum absolute atomic E-state index is 0.294. The predicted octanol–water partition coefficient (Wildman–Crippen LogP) is 2.89. The Morgan fingerprint density at radius 3 is 2.74 bits per heavy atom. The molecule has 0 atom stereocenters. The topological polar surface area (TPSA) is 54.5 Å². The molecule has 0 saturated carbocycles. The van der Waals surface area contributed by atoms with Gasteiger partial charge in [0, 0.05) is 12.1 Å². The summed E-state index contributed by atoms with van der Waals surface area (Å²) in [5.41, 5.74) is 0.777. The summed E-state index contributed by atoms with van der Waals surface area (Å²) in [6.45, 7) is 4.23. The Bertz CT molecular complexity index is 613. The molecule has 0 unspecified atom stereocenters. The van der Waals surface area contributed by atoms with Crippen molar-refractivity contribution in [3.63, 3.8) is 0 Å². The number of benzene rings is 1. The van der Waals surface area contributed by atoms with E-state index in [1.165, 1.54) is 23.9 Å². The minimum Gasteiger partial charge on any atom is -0.298 e. The Morgan fingerprint density at radius 2 is 2.11 bits per heavy atom. The van der Waals surface area contributed by atoms with Crippen molar-refractivity contribution in [2.45, 2.75) is 11.7 Å². The van der Waals surface area contributed by atoms with Gasteiger partial charge in [-0.05, 0) is 24.3 Å². The number of nitrogens with zero attached hydrogens (tertiary/aromatic N) is 4. The van der Waals surface area contributed by atoms with Crippen LogP contribution in [-0.4, -0.2) is 20.5 Å². The Kier molecular flexibility index (Phi) is 4.31. The van der Waals surface area contributed by atoms with Crippen LogP contribution in [0.3, 0.4) is 0 Å². The Labute approximate surface area is 114 Å². The molecule has 6 heteroatoms. The summed E-state index contributed by atoms with van der Waals surface area (Å²) in [5, 5.41) is 17.4. The summed E-state index contributed by atoms with van der Waals surface area (Å²) >= 11 is 1.31. The molecule has 1 aromatic heterocycles. The molecule has 96 valence electrons. The highest BCUT2D eigenvalue weighted by Crippen LogP contribution is 2.23. The molecular weight excluding hydrogens is 263 g/mol. The number of allylic oxidation sites excluding steroid dienone is 1. The highest BCUT2D eigenvalue weighted by molar-refractivity contribution is 7.99. The van der Waals surface area contributed by atoms with Crippen LogP contribution in [0.15, 0.2) is 42.1 Å². The van der Waals surface area contributed by atoms with E-state index in [9.17, 15) is 4.39 Å². The maximum atomic E-state index is 12.9. The van der Waals surface area contributed by atoms with Crippen LogP contribution in [-0.2, 0) is 6.54 Å². The van der Waals surface area contributed by atoms with E-state index >= 15 is 0 Å². The van der Waals surface area contributed by atoms with Crippen molar-refractivity contribution in [3.05, 3.63) is 42.7 Å². The molecule has 1 heterocycles. The first kappa shape index (κ1) is 13.3. The Balaban J connectivity index is 2.39. The lowest BCUT2D eigenvalue weighted by Gasteiger charge is -2.06. The number of thioether (sulfide) groups is 1. The van der Waals surface area contributed by atoms with Crippen LogP contribution in [0.25, 0.3) is 11.4 Å². The molecule has 0 aliphatic heterocycles. The van der Waals surface area contributed by atoms with Gasteiger partial charge in [0.15, 0.2) is 11.0 Å². The molecule has 2 aromatic rings. The molecule has 0 aliphatic carbocycles. The molecule has 19 heavy (non-hydrogen) atoms. The highest BCUT2D eigenvalue weighted by Gasteiger charge is 2.13. The molecule has 0 saturated heterocycles. The number of hydrogen-bond donors (Lipinski definition) is 0. The van der Waals surface area contributed by atoms with Gasteiger partial charge in [-0.2, -0.15) is 5.26 Å². The van der Waals surface area contributed by atoms with Gasteiger partial charge in [-0.1, -0.05) is 17.8 Å². The summed E-state index contributed by atoms with van der Waals surface area (Å²) < 4.78 is 14.8. The van der Waals surface area contributed by atoms with Gasteiger partial charge in [-0.15, -0.1) is 16.8 Å². The van der Waals surface area contributed by atoms with E-state index in [1.54, 1.807) is 18.2 Å². The molecule has 4 nitrogen and oxygen atoms in total. The van der Waals surface area contributed by atoms with Gasteiger partial charge in [-0.3, -0.25) is 4.57 Å². The summed E-state index contributed by atoms with van der Waals surface area (Å²) in [6.07, 6.45) is 1.73. The Hall–Kier alpha value is -2.13. The maximum absolute atomic E-state index is 12.9. The third-order valence-electron chi connectivity index (χ3n) is 2.40. The normalized spacial score (nSPS) is 10.1. The standard InChI is InChI=1S/C13H11FN4S/c1-2-8-18-12(10-3-5-11(14)6-4-10)16-17-13(18)19-9-7-15/h2-6H,1,8-9H2. The third-order valence-corrected chi connectivity index (χ3v) is 3.23. The zero-order valence-electron chi connectivity index (χ0n) is 10.1. The van der Waals surface area contributed by atoms with E-state index in [2.05, 4.69) is 16.8 Å². The van der Waals surface area contributed by atoms with Gasteiger partial charge < -0.3 is 0 Å². The first-order valence-corrected chi connectivity index (χ1v) is 6.54. The van der Waals surface area contributed by atoms with Gasteiger partial charge in [-0.25, -0.2) is 4.39 Å². The van der Waals surface area contributed by atoms with E-state index in [0.29, 0.717) is 23.3 Å². The highest BCUT2D eigenvalue weighted by atomic mass is 32.2. The zero-order chi connectivity index (χ0) is 13.7. The first-order valence-electron chi connectivity index (χ1n) is 5.56. The SMILES string of the molecule is C=CCn1c(SCC#N)nnc1-c1ccc(F)cc1. The number of aromatic nitrogens is 3. The molecular formula is C13H11FN4S. The number of rotatable bonds is 5. The second-order valence-electron chi connectivity index (χ2n) is 3.66. The van der Waals surface area contributed by atoms with Crippen LogP contribution in [0.2, 0.25) is 0 Å². The van der Waals surface area contributed by atoms with Crippen LogP contribution in [0.1, 0.15) is 0 Å². The zero-order valence-corrected chi connectivity index (χ0v) is 10.9. The van der Waals surface area contributed by atoms with E-state index in [4.69, 9.17) is 5.26 Å². The van der Waals surface area contributed by atoms with Crippen molar-refractivity contribution in [1.82, 2.24) is 14.8 Å². The van der Waals surface area contributed by atoms with E-state index in [0.717, 1.165) is 5.56 Å². The molecule has 0 bridgehead atoms. The average molecular weight is 274 g/mol. The van der Waals surface area contributed by atoms with Crippen molar-refractivity contribution in [2.24, 2.45) is 0 Å². The van der Waals surface area contributed by atoms with Gasteiger partial charge >= 0.3 is 0 Å². The first-order chi connectivity index (χ1) is 9.26. The molecule has 0 radical (unpaired) electrons. The lowest BCUT2D eigenvalue weighted by molar-refractivity contribution is 0.628. The summed E-state index contributed by atoms with van der Waals surface area (Å²) in [5.74, 6) is 0.650. The van der Waals surface area contributed by atoms with Crippen LogP contribution < -0.4 is 0 Å². The summed E-state index contributed by atoms with van der Waals surface area (Å²) in [6, 6.07) is 8.11. The molecule has 1 aromatic carbocycles. The van der Waals surface area contributed by atoms with Gasteiger partial charge in [0.25, 0.3) is 0 Å². The monoisotopic (exact) mass is 274 g/mol. The third kappa shape index (κ3) is 3.01. The predicted molar refractivity (Wildman–Crippen MR) is 72.0 cm³/mol. The van der Waals surface area contributed by atoms with E-state index in [-0.39, 0.29) is 5.82 Å². The van der Waals surface area contributed by atoms with Gasteiger partial charge in [0.1, 0.15) is 5.82 Å². The van der Waals surface area contributed by atoms with E-state index < -0.39 is 0 Å². The molecule has 0 spiro atoms. The summed E-state index contributed by atoms with van der Waals surface area (Å²) in [7, 11) is 0. The molecule has 2 rings (SSSR count). The van der Waals surface area contributed by atoms with Crippen molar-refractivity contribution in [1.29, 1.82) is 5.26 Å². The lowest BCUT2D eigenvalue weighted by Crippen LogP contribution is -2.00. The minimum atomic E-state index is -0.294. The summed E-state index contributed by atoms with van der Waals surface area (Å²) in [4.78, 5) is 0. The fourth-order valence-corrected chi connectivity index (χ4v) is 2.21. The van der Waals surface area contributed by atoms with Crippen molar-refractivity contribution in [2.75, 3.05) is 5.75 Å². The largest absolute Gasteiger partial charge is 0.298 e. The second kappa shape index (κ2) is 6.16. The molecule has 0 fully saturated rings. The molecule has 0 N–H and O–H groups in total. The van der Waals surface area contributed by atoms with Crippen LogP contribution in [0, 0.1) is 17.1 Å². The van der Waals surface area contributed by atoms with Crippen molar-refractivity contribution < 1.29 is 4.39 Å². The Morgan fingerprint density at radius 1 is 1.37 bits per heavy atom.